The summed E-state index contributed by atoms with van der Waals surface area (Å²) in [5.41, 5.74) is 5.10. The topological polar surface area (TPSA) is 73.4 Å². The summed E-state index contributed by atoms with van der Waals surface area (Å²) in [4.78, 5) is 31.6. The molecule has 1 aliphatic heterocycles. The number of nitrogens with one attached hydrogen (secondary N) is 1. The lowest BCUT2D eigenvalue weighted by Gasteiger charge is -2.26. The Labute approximate surface area is 196 Å². The number of fused-ring (bicyclic) bond motifs is 1. The molecular formula is C28H23FN2O3. The number of benzene rings is 3. The van der Waals surface area contributed by atoms with Crippen molar-refractivity contribution in [3.63, 3.8) is 0 Å². The molecule has 1 aliphatic rings. The maximum Gasteiger partial charge on any atom is 0.300 e. The van der Waals surface area contributed by atoms with Gasteiger partial charge in [0.15, 0.2) is 0 Å². The fourth-order valence-electron chi connectivity index (χ4n) is 4.88. The highest BCUT2D eigenvalue weighted by Gasteiger charge is 2.48. The summed E-state index contributed by atoms with van der Waals surface area (Å²) in [7, 11) is 0. The lowest BCUT2D eigenvalue weighted by Crippen LogP contribution is -2.29. The Morgan fingerprint density at radius 2 is 1.59 bits per heavy atom. The molecule has 5 nitrogen and oxygen atoms in total. The number of aliphatic hydroxyl groups is 1. The number of aryl methyl sites for hydroxylation is 3. The van der Waals surface area contributed by atoms with E-state index in [4.69, 9.17) is 0 Å². The summed E-state index contributed by atoms with van der Waals surface area (Å²) in [6, 6.07) is 17.7. The van der Waals surface area contributed by atoms with Gasteiger partial charge in [-0.25, -0.2) is 4.39 Å². The molecule has 34 heavy (non-hydrogen) atoms. The molecule has 1 amide bonds. The largest absolute Gasteiger partial charge is 0.507 e. The van der Waals surface area contributed by atoms with Crippen molar-refractivity contribution in [2.24, 2.45) is 0 Å². The number of carbonyl (C=O) groups excluding carboxylic acids is 2. The third kappa shape index (κ3) is 3.39. The first-order chi connectivity index (χ1) is 16.3. The zero-order valence-corrected chi connectivity index (χ0v) is 19.0. The quantitative estimate of drug-likeness (QED) is 0.231. The van der Waals surface area contributed by atoms with Crippen LogP contribution in [0.4, 0.5) is 10.1 Å². The molecule has 6 heteroatoms. The van der Waals surface area contributed by atoms with E-state index in [1.807, 2.05) is 63.2 Å². The molecule has 4 aromatic rings. The minimum absolute atomic E-state index is 0.0244. The average Bonchev–Trinajstić information content (AvgIpc) is 3.25. The van der Waals surface area contributed by atoms with Crippen molar-refractivity contribution in [3.8, 4) is 0 Å². The highest BCUT2D eigenvalue weighted by atomic mass is 19.1. The van der Waals surface area contributed by atoms with Crippen molar-refractivity contribution in [3.05, 3.63) is 106 Å². The minimum atomic E-state index is -0.859. The van der Waals surface area contributed by atoms with Crippen LogP contribution in [0.15, 0.2) is 72.3 Å². The van der Waals surface area contributed by atoms with Gasteiger partial charge in [0.1, 0.15) is 11.6 Å². The first kappa shape index (κ1) is 21.6. The second kappa shape index (κ2) is 7.99. The van der Waals surface area contributed by atoms with Gasteiger partial charge < -0.3 is 10.1 Å². The van der Waals surface area contributed by atoms with Crippen LogP contribution in [0, 0.1) is 26.6 Å². The van der Waals surface area contributed by atoms with E-state index in [9.17, 15) is 19.1 Å². The molecule has 1 fully saturated rings. The molecule has 3 aromatic carbocycles. The highest BCUT2D eigenvalue weighted by Crippen LogP contribution is 2.45. The van der Waals surface area contributed by atoms with Gasteiger partial charge in [-0.2, -0.15) is 0 Å². The number of para-hydroxylation sites is 1. The SMILES string of the molecule is Cc1cc(C)cc(N2C(=O)C(=O)/C(=C(/O)c3ccc(F)cc3)C2c2c(C)[nH]c3ccccc23)c1. The number of halogens is 1. The highest BCUT2D eigenvalue weighted by molar-refractivity contribution is 6.52. The molecule has 1 aromatic heterocycles. The maximum atomic E-state index is 13.5. The number of hydrogen-bond donors (Lipinski definition) is 2. The molecular weight excluding hydrogens is 431 g/mol. The Morgan fingerprint density at radius 1 is 0.941 bits per heavy atom. The second-order valence-corrected chi connectivity index (χ2v) is 8.73. The van der Waals surface area contributed by atoms with Crippen LogP contribution in [0.5, 0.6) is 0 Å². The molecule has 0 spiro atoms. The number of Topliss-reactive ketones (excluding diaryl/α,β-unsaturated/α-hetero) is 1. The first-order valence-electron chi connectivity index (χ1n) is 11.0. The molecule has 1 saturated heterocycles. The number of aromatic amines is 1. The first-order valence-corrected chi connectivity index (χ1v) is 11.0. The standard InChI is InChI=1S/C28H23FN2O3/c1-15-12-16(2)14-20(13-15)31-25(23-17(3)30-22-7-5-4-6-21(22)23)24(27(33)28(31)34)26(32)18-8-10-19(29)11-9-18/h4-14,25,30,32H,1-3H3/b26-24+. The molecule has 2 heterocycles. The molecule has 1 unspecified atom stereocenters. The third-order valence-corrected chi connectivity index (χ3v) is 6.26. The van der Waals surface area contributed by atoms with Crippen molar-refractivity contribution in [2.75, 3.05) is 4.90 Å². The number of aromatic nitrogens is 1. The van der Waals surface area contributed by atoms with Crippen molar-refractivity contribution < 1.29 is 19.1 Å². The van der Waals surface area contributed by atoms with Gasteiger partial charge in [-0.05, 0) is 74.4 Å². The number of H-pyrrole nitrogens is 1. The van der Waals surface area contributed by atoms with Gasteiger partial charge in [0.2, 0.25) is 0 Å². The maximum absolute atomic E-state index is 13.5. The predicted molar refractivity (Wildman–Crippen MR) is 130 cm³/mol. The van der Waals surface area contributed by atoms with E-state index in [1.165, 1.54) is 29.2 Å². The molecule has 0 bridgehead atoms. The van der Waals surface area contributed by atoms with Crippen LogP contribution in [0.2, 0.25) is 0 Å². The van der Waals surface area contributed by atoms with Crippen LogP contribution >= 0.6 is 0 Å². The fourth-order valence-corrected chi connectivity index (χ4v) is 4.88. The summed E-state index contributed by atoms with van der Waals surface area (Å²) in [5, 5.41) is 12.1. The van der Waals surface area contributed by atoms with E-state index in [-0.39, 0.29) is 16.9 Å². The van der Waals surface area contributed by atoms with Crippen molar-refractivity contribution in [1.29, 1.82) is 0 Å². The third-order valence-electron chi connectivity index (χ3n) is 6.26. The molecule has 170 valence electrons. The van der Waals surface area contributed by atoms with Gasteiger partial charge in [0.25, 0.3) is 11.7 Å². The zero-order chi connectivity index (χ0) is 24.1. The van der Waals surface area contributed by atoms with E-state index < -0.39 is 23.5 Å². The Hall–Kier alpha value is -4.19. The number of amides is 1. The smallest absolute Gasteiger partial charge is 0.300 e. The lowest BCUT2D eigenvalue weighted by molar-refractivity contribution is -0.132. The number of nitrogens with zero attached hydrogens (tertiary/aromatic N) is 1. The van der Waals surface area contributed by atoms with Crippen LogP contribution in [0.25, 0.3) is 16.7 Å². The van der Waals surface area contributed by atoms with Crippen LogP contribution in [-0.4, -0.2) is 21.8 Å². The number of hydrogen-bond acceptors (Lipinski definition) is 3. The predicted octanol–water partition coefficient (Wildman–Crippen LogP) is 5.86. The van der Waals surface area contributed by atoms with Crippen LogP contribution in [0.1, 0.15) is 34.0 Å². The number of carbonyl (C=O) groups is 2. The van der Waals surface area contributed by atoms with E-state index >= 15 is 0 Å². The Morgan fingerprint density at radius 3 is 2.26 bits per heavy atom. The van der Waals surface area contributed by atoms with E-state index in [2.05, 4.69) is 4.98 Å². The molecule has 1 atom stereocenters. The van der Waals surface area contributed by atoms with Crippen LogP contribution in [0.3, 0.4) is 0 Å². The van der Waals surface area contributed by atoms with Crippen molar-refractivity contribution in [1.82, 2.24) is 4.98 Å². The second-order valence-electron chi connectivity index (χ2n) is 8.73. The Balaban J connectivity index is 1.83. The van der Waals surface area contributed by atoms with Gasteiger partial charge >= 0.3 is 0 Å². The lowest BCUT2D eigenvalue weighted by atomic mass is 9.93. The summed E-state index contributed by atoms with van der Waals surface area (Å²) in [6.07, 6.45) is 0. The normalized spacial score (nSPS) is 17.6. The van der Waals surface area contributed by atoms with Crippen LogP contribution < -0.4 is 4.90 Å². The Kier molecular flexibility index (Phi) is 5.09. The molecule has 2 N–H and O–H groups in total. The van der Waals surface area contributed by atoms with Gasteiger partial charge in [-0.15, -0.1) is 0 Å². The number of aliphatic hydroxyl groups excluding tert-OH is 1. The monoisotopic (exact) mass is 454 g/mol. The summed E-state index contributed by atoms with van der Waals surface area (Å²) < 4.78 is 13.5. The van der Waals surface area contributed by atoms with Crippen molar-refractivity contribution in [2.45, 2.75) is 26.8 Å². The molecule has 0 saturated carbocycles. The van der Waals surface area contributed by atoms with E-state index in [0.29, 0.717) is 5.69 Å². The summed E-state index contributed by atoms with van der Waals surface area (Å²) in [6.45, 7) is 5.74. The minimum Gasteiger partial charge on any atom is -0.507 e. The molecule has 5 rings (SSSR count). The van der Waals surface area contributed by atoms with E-state index in [0.717, 1.165) is 33.3 Å². The number of anilines is 1. The van der Waals surface area contributed by atoms with Gasteiger partial charge in [0.05, 0.1) is 11.6 Å². The molecule has 0 aliphatic carbocycles. The molecule has 0 radical (unpaired) electrons. The Bertz CT molecular complexity index is 1480. The summed E-state index contributed by atoms with van der Waals surface area (Å²) in [5.74, 6) is -2.30. The van der Waals surface area contributed by atoms with Gasteiger partial charge in [-0.1, -0.05) is 24.3 Å². The van der Waals surface area contributed by atoms with E-state index in [1.54, 1.807) is 0 Å². The number of rotatable bonds is 3. The average molecular weight is 455 g/mol. The van der Waals surface area contributed by atoms with Gasteiger partial charge in [-0.3, -0.25) is 14.5 Å². The van der Waals surface area contributed by atoms with Gasteiger partial charge in [0, 0.05) is 33.4 Å². The summed E-state index contributed by atoms with van der Waals surface area (Å²) >= 11 is 0. The zero-order valence-electron chi connectivity index (χ0n) is 19.0. The van der Waals surface area contributed by atoms with Crippen LogP contribution in [-0.2, 0) is 9.59 Å². The fraction of sp³-hybridized carbons (Fsp3) is 0.143. The van der Waals surface area contributed by atoms with Crippen molar-refractivity contribution >= 4 is 34.0 Å². The number of ketones is 1.